The number of hydrogen-bond acceptors (Lipinski definition) is 3. The summed E-state index contributed by atoms with van der Waals surface area (Å²) in [4.78, 5) is 24.2. The van der Waals surface area contributed by atoms with E-state index in [9.17, 15) is 22.8 Å². The average molecular weight is 310 g/mol. The molecule has 1 amide bonds. The molecule has 0 aromatic rings. The van der Waals surface area contributed by atoms with E-state index in [0.29, 0.717) is 32.6 Å². The normalized spacial score (nSPS) is 21.4. The van der Waals surface area contributed by atoms with Crippen molar-refractivity contribution in [2.45, 2.75) is 62.7 Å². The highest BCUT2D eigenvalue weighted by Gasteiger charge is 2.57. The fraction of sp³-hybridized carbons (Fsp3) is 0.846. The predicted molar refractivity (Wildman–Crippen MR) is 69.5 cm³/mol. The van der Waals surface area contributed by atoms with Gasteiger partial charge in [-0.15, -0.1) is 0 Å². The van der Waals surface area contributed by atoms with Gasteiger partial charge in [-0.2, -0.15) is 13.2 Å². The maximum atomic E-state index is 12.9. The van der Waals surface area contributed by atoms with Crippen LogP contribution in [0.25, 0.3) is 0 Å². The molecule has 0 aliphatic heterocycles. The zero-order chi connectivity index (χ0) is 16.5. The number of rotatable bonds is 4. The van der Waals surface area contributed by atoms with Crippen molar-refractivity contribution in [3.8, 4) is 0 Å². The summed E-state index contributed by atoms with van der Waals surface area (Å²) >= 11 is 0. The number of hydrogen-bond donors (Lipinski definition) is 2. The number of carbonyl (C=O) groups is 2. The van der Waals surface area contributed by atoms with E-state index in [4.69, 9.17) is 10.8 Å². The fourth-order valence-electron chi connectivity index (χ4n) is 2.81. The standard InChI is InChI=1S/C13H21F3N2O3/c1-11(17,13(14,15)16)10(21)18(2)12(8-9(19)20)6-4-3-5-7-12/h3-8,17H2,1-2H3,(H,19,20). The van der Waals surface area contributed by atoms with Gasteiger partial charge in [0.2, 0.25) is 0 Å². The first-order chi connectivity index (χ1) is 9.44. The molecule has 0 saturated heterocycles. The molecule has 0 radical (unpaired) electrons. The summed E-state index contributed by atoms with van der Waals surface area (Å²) in [6.45, 7) is 0.614. The third-order valence-electron chi connectivity index (χ3n) is 4.31. The molecule has 8 heteroatoms. The molecular weight excluding hydrogens is 289 g/mol. The number of likely N-dealkylation sites (N-methyl/N-ethyl adjacent to an activating group) is 1. The van der Waals surface area contributed by atoms with Gasteiger partial charge < -0.3 is 15.7 Å². The van der Waals surface area contributed by atoms with Crippen LogP contribution in [0.1, 0.15) is 45.4 Å². The molecular formula is C13H21F3N2O3. The molecule has 122 valence electrons. The van der Waals surface area contributed by atoms with Gasteiger partial charge in [-0.05, 0) is 19.8 Å². The van der Waals surface area contributed by atoms with Gasteiger partial charge >= 0.3 is 12.1 Å². The lowest BCUT2D eigenvalue weighted by molar-refractivity contribution is -0.197. The van der Waals surface area contributed by atoms with Gasteiger partial charge in [0, 0.05) is 7.05 Å². The average Bonchev–Trinajstić information content (AvgIpc) is 2.35. The third-order valence-corrected chi connectivity index (χ3v) is 4.31. The Morgan fingerprint density at radius 1 is 1.24 bits per heavy atom. The van der Waals surface area contributed by atoms with Crippen molar-refractivity contribution in [2.24, 2.45) is 5.73 Å². The number of alkyl halides is 3. The van der Waals surface area contributed by atoms with Crippen molar-refractivity contribution in [3.63, 3.8) is 0 Å². The maximum Gasteiger partial charge on any atom is 0.415 e. The second-order valence-electron chi connectivity index (χ2n) is 5.92. The first-order valence-corrected chi connectivity index (χ1v) is 6.80. The second-order valence-corrected chi connectivity index (χ2v) is 5.92. The Labute approximate surface area is 121 Å². The minimum Gasteiger partial charge on any atom is -0.481 e. The van der Waals surface area contributed by atoms with E-state index in [-0.39, 0.29) is 6.42 Å². The van der Waals surface area contributed by atoms with Gasteiger partial charge in [0.15, 0.2) is 5.54 Å². The summed E-state index contributed by atoms with van der Waals surface area (Å²) < 4.78 is 38.7. The van der Waals surface area contributed by atoms with Crippen molar-refractivity contribution >= 4 is 11.9 Å². The van der Waals surface area contributed by atoms with Gasteiger partial charge in [-0.25, -0.2) is 0 Å². The summed E-state index contributed by atoms with van der Waals surface area (Å²) in [7, 11) is 1.22. The minimum atomic E-state index is -4.89. The van der Waals surface area contributed by atoms with Crippen LogP contribution in [0.15, 0.2) is 0 Å². The Hall–Kier alpha value is -1.31. The van der Waals surface area contributed by atoms with Gasteiger partial charge in [0.25, 0.3) is 5.91 Å². The van der Waals surface area contributed by atoms with E-state index in [1.54, 1.807) is 0 Å². The molecule has 0 heterocycles. The molecule has 0 spiro atoms. The van der Waals surface area contributed by atoms with E-state index in [2.05, 4.69) is 0 Å². The van der Waals surface area contributed by atoms with Crippen LogP contribution in [0.2, 0.25) is 0 Å². The van der Waals surface area contributed by atoms with E-state index in [1.165, 1.54) is 7.05 Å². The van der Waals surface area contributed by atoms with Gasteiger partial charge in [-0.1, -0.05) is 19.3 Å². The van der Waals surface area contributed by atoms with Crippen molar-refractivity contribution < 1.29 is 27.9 Å². The van der Waals surface area contributed by atoms with Crippen molar-refractivity contribution in [1.82, 2.24) is 4.90 Å². The van der Waals surface area contributed by atoms with Gasteiger partial charge in [0.05, 0.1) is 12.0 Å². The molecule has 1 aliphatic carbocycles. The largest absolute Gasteiger partial charge is 0.481 e. The van der Waals surface area contributed by atoms with E-state index in [0.717, 1.165) is 11.3 Å². The molecule has 3 N–H and O–H groups in total. The second kappa shape index (κ2) is 5.82. The highest BCUT2D eigenvalue weighted by atomic mass is 19.4. The number of halogens is 3. The van der Waals surface area contributed by atoms with E-state index < -0.39 is 29.1 Å². The summed E-state index contributed by atoms with van der Waals surface area (Å²) in [6.07, 6.45) is -2.29. The number of carboxylic acid groups (broad SMARTS) is 1. The van der Waals surface area contributed by atoms with Gasteiger partial charge in [0.1, 0.15) is 0 Å². The molecule has 1 fully saturated rings. The lowest BCUT2D eigenvalue weighted by atomic mass is 9.77. The number of carbonyl (C=O) groups excluding carboxylic acids is 1. The van der Waals surface area contributed by atoms with Crippen LogP contribution in [0.4, 0.5) is 13.2 Å². The fourth-order valence-corrected chi connectivity index (χ4v) is 2.81. The van der Waals surface area contributed by atoms with Crippen LogP contribution in [-0.4, -0.2) is 46.2 Å². The monoisotopic (exact) mass is 310 g/mol. The maximum absolute atomic E-state index is 12.9. The SMILES string of the molecule is CN(C(=O)C(C)(N)C(F)(F)F)C1(CC(=O)O)CCCCC1. The Bertz CT molecular complexity index is 415. The molecule has 0 bridgehead atoms. The quantitative estimate of drug-likeness (QED) is 0.830. The lowest BCUT2D eigenvalue weighted by Gasteiger charge is -2.46. The molecule has 0 aromatic heterocycles. The van der Waals surface area contributed by atoms with E-state index >= 15 is 0 Å². The summed E-state index contributed by atoms with van der Waals surface area (Å²) in [6, 6.07) is 0. The zero-order valence-electron chi connectivity index (χ0n) is 12.2. The Morgan fingerprint density at radius 3 is 2.10 bits per heavy atom. The van der Waals surface area contributed by atoms with Crippen molar-refractivity contribution in [3.05, 3.63) is 0 Å². The molecule has 5 nitrogen and oxygen atoms in total. The lowest BCUT2D eigenvalue weighted by Crippen LogP contribution is -2.66. The molecule has 1 unspecified atom stereocenters. The Balaban J connectivity index is 3.08. The Morgan fingerprint density at radius 2 is 1.71 bits per heavy atom. The first kappa shape index (κ1) is 17.7. The molecule has 1 aliphatic rings. The first-order valence-electron chi connectivity index (χ1n) is 6.80. The Kier molecular flexibility index (Phi) is 4.92. The van der Waals surface area contributed by atoms with Crippen LogP contribution in [-0.2, 0) is 9.59 Å². The van der Waals surface area contributed by atoms with Crippen LogP contribution in [0.3, 0.4) is 0 Å². The van der Waals surface area contributed by atoms with Crippen LogP contribution < -0.4 is 5.73 Å². The molecule has 1 atom stereocenters. The smallest absolute Gasteiger partial charge is 0.415 e. The van der Waals surface area contributed by atoms with Crippen molar-refractivity contribution in [2.75, 3.05) is 7.05 Å². The van der Waals surface area contributed by atoms with Crippen molar-refractivity contribution in [1.29, 1.82) is 0 Å². The minimum absolute atomic E-state index is 0.371. The summed E-state index contributed by atoms with van der Waals surface area (Å²) in [5.41, 5.74) is 1.06. The van der Waals surface area contributed by atoms with E-state index in [1.807, 2.05) is 0 Å². The summed E-state index contributed by atoms with van der Waals surface area (Å²) in [5.74, 6) is -2.43. The number of carboxylic acids is 1. The topological polar surface area (TPSA) is 83.6 Å². The molecule has 21 heavy (non-hydrogen) atoms. The third kappa shape index (κ3) is 3.48. The number of amides is 1. The number of aliphatic carboxylic acids is 1. The highest BCUT2D eigenvalue weighted by molar-refractivity contribution is 5.87. The number of nitrogens with zero attached hydrogens (tertiary/aromatic N) is 1. The molecule has 1 rings (SSSR count). The van der Waals surface area contributed by atoms with Crippen LogP contribution >= 0.6 is 0 Å². The molecule has 0 aromatic carbocycles. The predicted octanol–water partition coefficient (Wildman–Crippen LogP) is 1.90. The zero-order valence-corrected chi connectivity index (χ0v) is 12.2. The number of nitrogens with two attached hydrogens (primary N) is 1. The van der Waals surface area contributed by atoms with Crippen LogP contribution in [0.5, 0.6) is 0 Å². The highest BCUT2D eigenvalue weighted by Crippen LogP contribution is 2.39. The van der Waals surface area contributed by atoms with Crippen LogP contribution in [0, 0.1) is 0 Å². The summed E-state index contributed by atoms with van der Waals surface area (Å²) in [5, 5.41) is 9.03. The molecule has 1 saturated carbocycles. The van der Waals surface area contributed by atoms with Gasteiger partial charge in [-0.3, -0.25) is 9.59 Å².